The number of fused-ring (bicyclic) bond motifs is 1. The number of esters is 1. The Balaban J connectivity index is 1.48. The molecule has 0 N–H and O–H groups in total. The number of hydrogen-bond acceptors (Lipinski definition) is 6. The minimum Gasteiger partial charge on any atom is -0.462 e. The molecule has 164 valence electrons. The van der Waals surface area contributed by atoms with Crippen molar-refractivity contribution < 1.29 is 19.1 Å². The predicted molar refractivity (Wildman–Crippen MR) is 114 cm³/mol. The van der Waals surface area contributed by atoms with Gasteiger partial charge in [-0.1, -0.05) is 0 Å². The molecule has 0 spiro atoms. The van der Waals surface area contributed by atoms with E-state index in [2.05, 4.69) is 5.10 Å². The zero-order chi connectivity index (χ0) is 22.2. The fourth-order valence-corrected chi connectivity index (χ4v) is 3.65. The van der Waals surface area contributed by atoms with Crippen LogP contribution in [0.1, 0.15) is 50.5 Å². The summed E-state index contributed by atoms with van der Waals surface area (Å²) in [6.07, 6.45) is 5.81. The molecule has 4 rings (SSSR count). The van der Waals surface area contributed by atoms with Gasteiger partial charge >= 0.3 is 12.1 Å². The van der Waals surface area contributed by atoms with Gasteiger partial charge in [0.2, 0.25) is 0 Å². The van der Waals surface area contributed by atoms with Gasteiger partial charge in [-0.15, -0.1) is 0 Å². The molecule has 0 unspecified atom stereocenters. The second kappa shape index (κ2) is 8.05. The second-order valence-electron chi connectivity index (χ2n) is 8.58. The molecule has 1 aliphatic heterocycles. The largest absolute Gasteiger partial charge is 0.462 e. The highest BCUT2D eigenvalue weighted by Crippen LogP contribution is 2.26. The monoisotopic (exact) mass is 425 g/mol. The molecule has 1 amide bonds. The third-order valence-corrected chi connectivity index (χ3v) is 5.10. The summed E-state index contributed by atoms with van der Waals surface area (Å²) < 4.78 is 14.1. The van der Waals surface area contributed by atoms with Crippen LogP contribution in [0.25, 0.3) is 16.8 Å². The number of hydrogen-bond donors (Lipinski definition) is 0. The van der Waals surface area contributed by atoms with Crippen LogP contribution in [0.4, 0.5) is 4.79 Å². The lowest BCUT2D eigenvalue weighted by molar-refractivity contribution is 0.0288. The van der Waals surface area contributed by atoms with Crippen LogP contribution in [0.15, 0.2) is 36.8 Å². The lowest BCUT2D eigenvalue weighted by atomic mass is 10.2. The standard InChI is InChI=1S/C22H27N5O4/c1-5-30-20(28)17-12-23-27-13-15(6-7-19(17)27)18-9-11-26(24-18)16-8-10-25(14-16)21(29)31-22(2,3)4/h6-7,9,11-13,16H,5,8,10,14H2,1-4H3/t16-/m0/s1. The number of carbonyl (C=O) groups is 2. The quantitative estimate of drug-likeness (QED) is 0.594. The molecule has 31 heavy (non-hydrogen) atoms. The van der Waals surface area contributed by atoms with E-state index in [4.69, 9.17) is 14.6 Å². The summed E-state index contributed by atoms with van der Waals surface area (Å²) >= 11 is 0. The third kappa shape index (κ3) is 4.40. The molecule has 0 bridgehead atoms. The number of amides is 1. The van der Waals surface area contributed by atoms with Crippen LogP contribution in [0.2, 0.25) is 0 Å². The summed E-state index contributed by atoms with van der Waals surface area (Å²) in [7, 11) is 0. The van der Waals surface area contributed by atoms with Gasteiger partial charge < -0.3 is 14.4 Å². The van der Waals surface area contributed by atoms with E-state index < -0.39 is 5.60 Å². The molecule has 3 aromatic rings. The van der Waals surface area contributed by atoms with Gasteiger partial charge in [-0.3, -0.25) is 4.68 Å². The molecule has 9 nitrogen and oxygen atoms in total. The lowest BCUT2D eigenvalue weighted by Gasteiger charge is -2.24. The smallest absolute Gasteiger partial charge is 0.410 e. The highest BCUT2D eigenvalue weighted by Gasteiger charge is 2.31. The maximum Gasteiger partial charge on any atom is 0.410 e. The van der Waals surface area contributed by atoms with Crippen molar-refractivity contribution >= 4 is 17.6 Å². The Hall–Kier alpha value is -3.36. The topological polar surface area (TPSA) is 91.0 Å². The van der Waals surface area contributed by atoms with Crippen molar-refractivity contribution in [3.8, 4) is 11.3 Å². The zero-order valence-electron chi connectivity index (χ0n) is 18.2. The first kappa shape index (κ1) is 20.9. The number of carbonyl (C=O) groups excluding carboxylic acids is 2. The first-order valence-electron chi connectivity index (χ1n) is 10.4. The molecule has 1 aliphatic rings. The average molecular weight is 425 g/mol. The summed E-state index contributed by atoms with van der Waals surface area (Å²) in [5.74, 6) is -0.384. The molecule has 0 aromatic carbocycles. The second-order valence-corrected chi connectivity index (χ2v) is 8.58. The van der Waals surface area contributed by atoms with Gasteiger partial charge in [-0.05, 0) is 52.3 Å². The summed E-state index contributed by atoms with van der Waals surface area (Å²) in [5.41, 5.74) is 2.29. The van der Waals surface area contributed by atoms with Gasteiger partial charge in [0.15, 0.2) is 0 Å². The minimum absolute atomic E-state index is 0.102. The normalized spacial score (nSPS) is 16.6. The predicted octanol–water partition coefficient (Wildman–Crippen LogP) is 3.56. The number of pyridine rings is 1. The maximum atomic E-state index is 12.3. The number of nitrogens with zero attached hydrogens (tertiary/aromatic N) is 5. The molecule has 0 aliphatic carbocycles. The van der Waals surface area contributed by atoms with Crippen molar-refractivity contribution in [2.24, 2.45) is 0 Å². The number of ether oxygens (including phenoxy) is 2. The minimum atomic E-state index is -0.508. The van der Waals surface area contributed by atoms with Gasteiger partial charge in [0.25, 0.3) is 0 Å². The maximum absolute atomic E-state index is 12.3. The van der Waals surface area contributed by atoms with E-state index >= 15 is 0 Å². The molecular formula is C22H27N5O4. The summed E-state index contributed by atoms with van der Waals surface area (Å²) in [5, 5.41) is 8.99. The Morgan fingerprint density at radius 3 is 2.77 bits per heavy atom. The van der Waals surface area contributed by atoms with E-state index in [9.17, 15) is 9.59 Å². The molecule has 0 radical (unpaired) electrons. The van der Waals surface area contributed by atoms with Crippen LogP contribution in [-0.4, -0.2) is 61.7 Å². The first-order valence-corrected chi connectivity index (χ1v) is 10.4. The zero-order valence-corrected chi connectivity index (χ0v) is 18.2. The molecule has 4 heterocycles. The Morgan fingerprint density at radius 1 is 1.23 bits per heavy atom. The van der Waals surface area contributed by atoms with Crippen molar-refractivity contribution in [2.75, 3.05) is 19.7 Å². The molecule has 1 atom stereocenters. The Morgan fingerprint density at radius 2 is 2.03 bits per heavy atom. The molecule has 3 aromatic heterocycles. The Kier molecular flexibility index (Phi) is 5.43. The van der Waals surface area contributed by atoms with Gasteiger partial charge in [-0.25, -0.2) is 14.1 Å². The van der Waals surface area contributed by atoms with Gasteiger partial charge in [-0.2, -0.15) is 10.2 Å². The van der Waals surface area contributed by atoms with E-state index in [1.807, 2.05) is 56.0 Å². The van der Waals surface area contributed by atoms with E-state index in [1.165, 1.54) is 6.20 Å². The van der Waals surface area contributed by atoms with Crippen molar-refractivity contribution in [3.05, 3.63) is 42.4 Å². The van der Waals surface area contributed by atoms with Crippen molar-refractivity contribution in [1.82, 2.24) is 24.3 Å². The van der Waals surface area contributed by atoms with Crippen molar-refractivity contribution in [3.63, 3.8) is 0 Å². The molecule has 9 heteroatoms. The molecule has 1 fully saturated rings. The van der Waals surface area contributed by atoms with E-state index in [-0.39, 0.29) is 18.1 Å². The van der Waals surface area contributed by atoms with Crippen LogP contribution in [-0.2, 0) is 9.47 Å². The van der Waals surface area contributed by atoms with Gasteiger partial charge in [0.05, 0.1) is 30.1 Å². The molecule has 1 saturated heterocycles. The van der Waals surface area contributed by atoms with Crippen molar-refractivity contribution in [1.29, 1.82) is 0 Å². The van der Waals surface area contributed by atoms with Gasteiger partial charge in [0, 0.05) is 31.0 Å². The highest BCUT2D eigenvalue weighted by atomic mass is 16.6. The van der Waals surface area contributed by atoms with E-state index in [0.717, 1.165) is 17.7 Å². The average Bonchev–Trinajstić information content (AvgIpc) is 3.44. The SMILES string of the molecule is CCOC(=O)c1cnn2cc(-c3ccn([C@H]4CCN(C(=O)OC(C)(C)C)C4)n3)ccc12. The Bertz CT molecular complexity index is 1110. The highest BCUT2D eigenvalue weighted by molar-refractivity contribution is 5.96. The van der Waals surface area contributed by atoms with Crippen molar-refractivity contribution in [2.45, 2.75) is 45.8 Å². The Labute approximate surface area is 180 Å². The molecular weight excluding hydrogens is 398 g/mol. The third-order valence-electron chi connectivity index (χ3n) is 5.10. The van der Waals surface area contributed by atoms with E-state index in [1.54, 1.807) is 16.3 Å². The number of aromatic nitrogens is 4. The fourth-order valence-electron chi connectivity index (χ4n) is 3.65. The fraction of sp³-hybridized carbons (Fsp3) is 0.455. The first-order chi connectivity index (χ1) is 14.7. The summed E-state index contributed by atoms with van der Waals surface area (Å²) in [6.45, 7) is 8.90. The number of rotatable bonds is 4. The van der Waals surface area contributed by atoms with E-state index in [0.29, 0.717) is 30.8 Å². The molecule has 0 saturated carbocycles. The van der Waals surface area contributed by atoms with Gasteiger partial charge in [0.1, 0.15) is 11.2 Å². The van der Waals surface area contributed by atoms with Crippen LogP contribution >= 0.6 is 0 Å². The van der Waals surface area contributed by atoms with Crippen LogP contribution in [0.3, 0.4) is 0 Å². The summed E-state index contributed by atoms with van der Waals surface area (Å²) in [4.78, 5) is 26.1. The van der Waals surface area contributed by atoms with Crippen LogP contribution < -0.4 is 0 Å². The lowest BCUT2D eigenvalue weighted by Crippen LogP contribution is -2.35. The van der Waals surface area contributed by atoms with Crippen LogP contribution in [0, 0.1) is 0 Å². The van der Waals surface area contributed by atoms with Crippen LogP contribution in [0.5, 0.6) is 0 Å². The summed E-state index contributed by atoms with van der Waals surface area (Å²) in [6, 6.07) is 5.79. The number of likely N-dealkylation sites (tertiary alicyclic amines) is 1.